The number of rotatable bonds is 3. The lowest BCUT2D eigenvalue weighted by Gasteiger charge is -2.07. The number of anilines is 1. The Morgan fingerprint density at radius 3 is 3.08 bits per heavy atom. The lowest BCUT2D eigenvalue weighted by molar-refractivity contribution is 0.282. The largest absolute Gasteiger partial charge is 0.392 e. The molecule has 64 valence electrons. The topological polar surface area (TPSA) is 45.2 Å². The summed E-state index contributed by atoms with van der Waals surface area (Å²) in [6.45, 7) is 0.0809. The summed E-state index contributed by atoms with van der Waals surface area (Å²) in [5.74, 6) is 0. The highest BCUT2D eigenvalue weighted by Crippen LogP contribution is 2.25. The van der Waals surface area contributed by atoms with Gasteiger partial charge in [-0.05, 0) is 18.9 Å². The molecular formula is C9H12N2O. The molecule has 1 saturated carbocycles. The van der Waals surface area contributed by atoms with Crippen LogP contribution in [0.3, 0.4) is 0 Å². The highest BCUT2D eigenvalue weighted by molar-refractivity contribution is 5.50. The molecule has 0 saturated heterocycles. The summed E-state index contributed by atoms with van der Waals surface area (Å²) in [7, 11) is 0. The monoisotopic (exact) mass is 164 g/mol. The van der Waals surface area contributed by atoms with Crippen LogP contribution in [-0.2, 0) is 6.61 Å². The van der Waals surface area contributed by atoms with Gasteiger partial charge in [-0.3, -0.25) is 4.98 Å². The lowest BCUT2D eigenvalue weighted by atomic mass is 10.2. The van der Waals surface area contributed by atoms with E-state index < -0.39 is 0 Å². The molecule has 1 heterocycles. The van der Waals surface area contributed by atoms with Crippen LogP contribution in [0.5, 0.6) is 0 Å². The number of pyridine rings is 1. The van der Waals surface area contributed by atoms with Gasteiger partial charge < -0.3 is 10.4 Å². The Balaban J connectivity index is 2.15. The number of hydrogen-bond donors (Lipinski definition) is 2. The number of hydrogen-bond acceptors (Lipinski definition) is 3. The number of nitrogens with zero attached hydrogens (tertiary/aromatic N) is 1. The molecule has 1 aliphatic rings. The van der Waals surface area contributed by atoms with Crippen molar-refractivity contribution in [3.8, 4) is 0 Å². The van der Waals surface area contributed by atoms with Gasteiger partial charge in [0.15, 0.2) is 0 Å². The lowest BCUT2D eigenvalue weighted by Crippen LogP contribution is -2.04. The summed E-state index contributed by atoms with van der Waals surface area (Å²) >= 11 is 0. The highest BCUT2D eigenvalue weighted by Gasteiger charge is 2.21. The zero-order valence-electron chi connectivity index (χ0n) is 6.83. The minimum Gasteiger partial charge on any atom is -0.392 e. The Morgan fingerprint density at radius 1 is 1.58 bits per heavy atom. The van der Waals surface area contributed by atoms with Crippen molar-refractivity contribution in [1.82, 2.24) is 4.98 Å². The third-order valence-electron chi connectivity index (χ3n) is 2.02. The van der Waals surface area contributed by atoms with Gasteiger partial charge in [0.1, 0.15) is 0 Å². The summed E-state index contributed by atoms with van der Waals surface area (Å²) in [6, 6.07) is 2.45. The summed E-state index contributed by atoms with van der Waals surface area (Å²) in [5.41, 5.74) is 1.90. The van der Waals surface area contributed by atoms with E-state index in [2.05, 4.69) is 10.3 Å². The molecule has 0 spiro atoms. The third-order valence-corrected chi connectivity index (χ3v) is 2.02. The molecule has 0 bridgehead atoms. The second kappa shape index (κ2) is 3.11. The maximum Gasteiger partial charge on any atom is 0.0703 e. The molecule has 0 unspecified atom stereocenters. The smallest absolute Gasteiger partial charge is 0.0703 e. The fraction of sp³-hybridized carbons (Fsp3) is 0.444. The Morgan fingerprint density at radius 2 is 2.42 bits per heavy atom. The first-order valence-corrected chi connectivity index (χ1v) is 4.20. The molecule has 1 aromatic heterocycles. The molecule has 0 aromatic carbocycles. The molecule has 1 aliphatic carbocycles. The minimum atomic E-state index is 0.0809. The molecule has 2 rings (SSSR count). The van der Waals surface area contributed by atoms with Gasteiger partial charge in [-0.2, -0.15) is 0 Å². The van der Waals surface area contributed by atoms with Crippen LogP contribution in [0.4, 0.5) is 5.69 Å². The first-order chi connectivity index (χ1) is 5.90. The SMILES string of the molecule is OCc1ccncc1NC1CC1. The zero-order chi connectivity index (χ0) is 8.39. The molecular weight excluding hydrogens is 152 g/mol. The van der Waals surface area contributed by atoms with Gasteiger partial charge in [-0.1, -0.05) is 0 Å². The van der Waals surface area contributed by atoms with Crippen LogP contribution in [0.1, 0.15) is 18.4 Å². The van der Waals surface area contributed by atoms with Gasteiger partial charge in [0.25, 0.3) is 0 Å². The van der Waals surface area contributed by atoms with Crippen LogP contribution in [0, 0.1) is 0 Å². The molecule has 2 N–H and O–H groups in total. The maximum atomic E-state index is 8.98. The number of aromatic nitrogens is 1. The summed E-state index contributed by atoms with van der Waals surface area (Å²) < 4.78 is 0. The predicted octanol–water partition coefficient (Wildman–Crippen LogP) is 1.15. The van der Waals surface area contributed by atoms with E-state index in [-0.39, 0.29) is 6.61 Å². The van der Waals surface area contributed by atoms with E-state index in [0.29, 0.717) is 6.04 Å². The van der Waals surface area contributed by atoms with Gasteiger partial charge >= 0.3 is 0 Å². The Kier molecular flexibility index (Phi) is 1.96. The molecule has 1 aromatic rings. The molecule has 1 fully saturated rings. The fourth-order valence-electron chi connectivity index (χ4n) is 1.14. The van der Waals surface area contributed by atoms with Crippen LogP contribution in [0.15, 0.2) is 18.5 Å². The van der Waals surface area contributed by atoms with Crippen LogP contribution in [0.25, 0.3) is 0 Å². The Labute approximate surface area is 71.4 Å². The van der Waals surface area contributed by atoms with Crippen molar-refractivity contribution >= 4 is 5.69 Å². The number of aliphatic hydroxyl groups excluding tert-OH is 1. The van der Waals surface area contributed by atoms with Crippen molar-refractivity contribution in [3.63, 3.8) is 0 Å². The molecule has 3 nitrogen and oxygen atoms in total. The van der Waals surface area contributed by atoms with E-state index in [0.717, 1.165) is 11.3 Å². The van der Waals surface area contributed by atoms with Crippen molar-refractivity contribution < 1.29 is 5.11 Å². The van der Waals surface area contributed by atoms with Gasteiger partial charge in [-0.25, -0.2) is 0 Å². The van der Waals surface area contributed by atoms with Gasteiger partial charge in [0, 0.05) is 17.8 Å². The summed E-state index contributed by atoms with van der Waals surface area (Å²) in [6.07, 6.45) is 5.94. The van der Waals surface area contributed by atoms with Crippen molar-refractivity contribution in [2.24, 2.45) is 0 Å². The van der Waals surface area contributed by atoms with Crippen LogP contribution < -0.4 is 5.32 Å². The second-order valence-corrected chi connectivity index (χ2v) is 3.11. The molecule has 3 heteroatoms. The molecule has 0 aliphatic heterocycles. The molecule has 0 amide bonds. The average molecular weight is 164 g/mol. The van der Waals surface area contributed by atoms with Gasteiger partial charge in [-0.15, -0.1) is 0 Å². The third kappa shape index (κ3) is 1.56. The molecule has 12 heavy (non-hydrogen) atoms. The summed E-state index contributed by atoms with van der Waals surface area (Å²) in [4.78, 5) is 4.00. The van der Waals surface area contributed by atoms with E-state index in [1.54, 1.807) is 12.4 Å². The average Bonchev–Trinajstić information content (AvgIpc) is 2.89. The van der Waals surface area contributed by atoms with Crippen molar-refractivity contribution in [1.29, 1.82) is 0 Å². The first-order valence-electron chi connectivity index (χ1n) is 4.20. The Hall–Kier alpha value is -1.09. The normalized spacial score (nSPS) is 16.1. The minimum absolute atomic E-state index is 0.0809. The summed E-state index contributed by atoms with van der Waals surface area (Å²) in [5, 5.41) is 12.3. The van der Waals surface area contributed by atoms with Gasteiger partial charge in [0.2, 0.25) is 0 Å². The van der Waals surface area contributed by atoms with Gasteiger partial charge in [0.05, 0.1) is 18.5 Å². The standard InChI is InChI=1S/C9H12N2O/c12-6-7-3-4-10-5-9(7)11-8-1-2-8/h3-5,8,11-12H,1-2,6H2. The Bertz CT molecular complexity index is 271. The zero-order valence-corrected chi connectivity index (χ0v) is 6.83. The fourth-order valence-corrected chi connectivity index (χ4v) is 1.14. The van der Waals surface area contributed by atoms with E-state index >= 15 is 0 Å². The van der Waals surface area contributed by atoms with E-state index in [9.17, 15) is 0 Å². The van der Waals surface area contributed by atoms with E-state index in [1.165, 1.54) is 12.8 Å². The van der Waals surface area contributed by atoms with Crippen molar-refractivity contribution in [2.75, 3.05) is 5.32 Å². The predicted molar refractivity (Wildman–Crippen MR) is 46.8 cm³/mol. The van der Waals surface area contributed by atoms with E-state index in [4.69, 9.17) is 5.11 Å². The van der Waals surface area contributed by atoms with Crippen LogP contribution >= 0.6 is 0 Å². The highest BCUT2D eigenvalue weighted by atomic mass is 16.3. The van der Waals surface area contributed by atoms with Crippen LogP contribution in [0.2, 0.25) is 0 Å². The van der Waals surface area contributed by atoms with Crippen molar-refractivity contribution in [3.05, 3.63) is 24.0 Å². The molecule has 0 atom stereocenters. The quantitative estimate of drug-likeness (QED) is 0.704. The second-order valence-electron chi connectivity index (χ2n) is 3.11. The maximum absolute atomic E-state index is 8.98. The van der Waals surface area contributed by atoms with Crippen LogP contribution in [-0.4, -0.2) is 16.1 Å². The van der Waals surface area contributed by atoms with Crippen molar-refractivity contribution in [2.45, 2.75) is 25.5 Å². The molecule has 0 radical (unpaired) electrons. The first kappa shape index (κ1) is 7.55. The number of aliphatic hydroxyl groups is 1. The van der Waals surface area contributed by atoms with E-state index in [1.807, 2.05) is 6.07 Å². The number of nitrogens with one attached hydrogen (secondary N) is 1.